The summed E-state index contributed by atoms with van der Waals surface area (Å²) >= 11 is 0. The minimum Gasteiger partial charge on any atom is -0.467 e. The molecule has 0 aromatic heterocycles. The molecular weight excluding hydrogens is 332 g/mol. The van der Waals surface area contributed by atoms with Gasteiger partial charge < -0.3 is 14.2 Å². The number of hydrogen-bond donors (Lipinski definition) is 0. The van der Waals surface area contributed by atoms with Gasteiger partial charge in [-0.25, -0.2) is 13.2 Å². The lowest BCUT2D eigenvalue weighted by molar-refractivity contribution is -0.167. The number of sulfone groups is 1. The molecule has 0 N–H and O–H groups in total. The van der Waals surface area contributed by atoms with Crippen LogP contribution in [0.1, 0.15) is 19.4 Å². The second-order valence-corrected chi connectivity index (χ2v) is 8.10. The zero-order valence-electron chi connectivity index (χ0n) is 14.2. The lowest BCUT2D eigenvalue weighted by Crippen LogP contribution is -2.31. The maximum absolute atomic E-state index is 12.3. The molecule has 0 aliphatic carbocycles. The maximum Gasteiger partial charge on any atom is 0.338 e. The summed E-state index contributed by atoms with van der Waals surface area (Å²) in [5, 5.41) is 0. The van der Waals surface area contributed by atoms with Gasteiger partial charge in [0.15, 0.2) is 21.7 Å². The second-order valence-electron chi connectivity index (χ2n) is 6.07. The number of carbonyl (C=O) groups excluding carboxylic acids is 1. The molecule has 2 rings (SSSR count). The van der Waals surface area contributed by atoms with Gasteiger partial charge >= 0.3 is 5.97 Å². The Kier molecular flexibility index (Phi) is 5.47. The standard InChI is InChI=1S/C17H22O6S/c1-12-7-9-13(10-8-12)24(19,20)11-5-6-14-15(16(18)21-4)23-17(2,3)22-14/h5-10,14-15H,11H2,1-4H3/b6-5+/t14-,15-/m1/s1. The Morgan fingerprint density at radius 1 is 1.25 bits per heavy atom. The fourth-order valence-electron chi connectivity index (χ4n) is 2.39. The van der Waals surface area contributed by atoms with Crippen LogP contribution in [0.4, 0.5) is 0 Å². The van der Waals surface area contributed by atoms with E-state index in [1.807, 2.05) is 6.92 Å². The van der Waals surface area contributed by atoms with Crippen LogP contribution < -0.4 is 0 Å². The van der Waals surface area contributed by atoms with Gasteiger partial charge in [0, 0.05) is 0 Å². The molecule has 0 unspecified atom stereocenters. The van der Waals surface area contributed by atoms with Crippen molar-refractivity contribution in [2.45, 2.75) is 43.7 Å². The summed E-state index contributed by atoms with van der Waals surface area (Å²) in [7, 11) is -2.18. The van der Waals surface area contributed by atoms with Gasteiger partial charge in [0.1, 0.15) is 6.10 Å². The van der Waals surface area contributed by atoms with E-state index in [2.05, 4.69) is 4.74 Å². The van der Waals surface area contributed by atoms with E-state index >= 15 is 0 Å². The Morgan fingerprint density at radius 2 is 1.88 bits per heavy atom. The zero-order chi connectivity index (χ0) is 18.0. The fourth-order valence-corrected chi connectivity index (χ4v) is 3.49. The molecule has 6 nitrogen and oxygen atoms in total. The summed E-state index contributed by atoms with van der Waals surface area (Å²) in [6.45, 7) is 5.25. The molecule has 1 aromatic carbocycles. The molecule has 0 saturated carbocycles. The molecule has 2 atom stereocenters. The zero-order valence-corrected chi connectivity index (χ0v) is 15.0. The van der Waals surface area contributed by atoms with Gasteiger partial charge in [-0.15, -0.1) is 0 Å². The average molecular weight is 354 g/mol. The number of rotatable bonds is 5. The van der Waals surface area contributed by atoms with Gasteiger partial charge in [-0.2, -0.15) is 0 Å². The topological polar surface area (TPSA) is 78.9 Å². The lowest BCUT2D eigenvalue weighted by Gasteiger charge is -2.15. The van der Waals surface area contributed by atoms with E-state index in [-0.39, 0.29) is 10.6 Å². The first-order valence-corrected chi connectivity index (χ1v) is 9.19. The SMILES string of the molecule is COC(=O)[C@@H]1OC(C)(C)O[C@@H]1/C=C/CS(=O)(=O)c1ccc(C)cc1. The van der Waals surface area contributed by atoms with E-state index in [9.17, 15) is 13.2 Å². The number of esters is 1. The third kappa shape index (κ3) is 4.43. The van der Waals surface area contributed by atoms with Gasteiger partial charge in [0.05, 0.1) is 17.8 Å². The molecule has 0 radical (unpaired) electrons. The molecule has 1 aliphatic rings. The largest absolute Gasteiger partial charge is 0.467 e. The molecule has 0 bridgehead atoms. The number of methoxy groups -OCH3 is 1. The molecular formula is C17H22O6S. The summed E-state index contributed by atoms with van der Waals surface area (Å²) in [5.74, 6) is -1.69. The van der Waals surface area contributed by atoms with Crippen molar-refractivity contribution in [3.05, 3.63) is 42.0 Å². The quantitative estimate of drug-likeness (QED) is 0.595. The van der Waals surface area contributed by atoms with Crippen molar-refractivity contribution in [1.82, 2.24) is 0 Å². The highest BCUT2D eigenvalue weighted by molar-refractivity contribution is 7.91. The summed E-state index contributed by atoms with van der Waals surface area (Å²) in [4.78, 5) is 12.0. The molecule has 132 valence electrons. The molecule has 1 saturated heterocycles. The Balaban J connectivity index is 2.09. The average Bonchev–Trinajstić information content (AvgIpc) is 2.81. The first-order chi connectivity index (χ1) is 11.1. The minimum absolute atomic E-state index is 0.190. The Bertz CT molecular complexity index is 718. The molecule has 1 aromatic rings. The van der Waals surface area contributed by atoms with Crippen LogP contribution in [0, 0.1) is 6.92 Å². The first-order valence-electron chi connectivity index (χ1n) is 7.54. The van der Waals surface area contributed by atoms with E-state index in [1.54, 1.807) is 38.1 Å². The van der Waals surface area contributed by atoms with Crippen molar-refractivity contribution in [2.24, 2.45) is 0 Å². The lowest BCUT2D eigenvalue weighted by atomic mass is 10.2. The number of hydrogen-bond acceptors (Lipinski definition) is 6. The highest BCUT2D eigenvalue weighted by Gasteiger charge is 2.44. The Morgan fingerprint density at radius 3 is 2.46 bits per heavy atom. The number of carbonyl (C=O) groups is 1. The smallest absolute Gasteiger partial charge is 0.338 e. The molecule has 0 spiro atoms. The maximum atomic E-state index is 12.3. The summed E-state index contributed by atoms with van der Waals surface area (Å²) in [6, 6.07) is 6.66. The third-order valence-electron chi connectivity index (χ3n) is 3.58. The van der Waals surface area contributed by atoms with Crippen LogP contribution in [-0.2, 0) is 28.8 Å². The van der Waals surface area contributed by atoms with Gasteiger partial charge in [0.25, 0.3) is 0 Å². The highest BCUT2D eigenvalue weighted by Crippen LogP contribution is 2.29. The number of aryl methyl sites for hydroxylation is 1. The Hall–Kier alpha value is -1.70. The van der Waals surface area contributed by atoms with Crippen molar-refractivity contribution in [1.29, 1.82) is 0 Å². The highest BCUT2D eigenvalue weighted by atomic mass is 32.2. The third-order valence-corrected chi connectivity index (χ3v) is 5.21. The van der Waals surface area contributed by atoms with Gasteiger partial charge in [-0.3, -0.25) is 0 Å². The van der Waals surface area contributed by atoms with Gasteiger partial charge in [-0.05, 0) is 32.9 Å². The van der Waals surface area contributed by atoms with Crippen molar-refractivity contribution in [2.75, 3.05) is 12.9 Å². The van der Waals surface area contributed by atoms with Crippen LogP contribution in [0.15, 0.2) is 41.3 Å². The van der Waals surface area contributed by atoms with Crippen LogP contribution >= 0.6 is 0 Å². The van der Waals surface area contributed by atoms with Crippen LogP contribution in [0.3, 0.4) is 0 Å². The van der Waals surface area contributed by atoms with E-state index in [0.29, 0.717) is 0 Å². The van der Waals surface area contributed by atoms with Crippen molar-refractivity contribution < 1.29 is 27.4 Å². The molecule has 1 fully saturated rings. The van der Waals surface area contributed by atoms with E-state index < -0.39 is 33.8 Å². The summed E-state index contributed by atoms with van der Waals surface area (Å²) < 4.78 is 40.4. The van der Waals surface area contributed by atoms with Crippen molar-refractivity contribution in [3.8, 4) is 0 Å². The van der Waals surface area contributed by atoms with Crippen LogP contribution in [0.2, 0.25) is 0 Å². The number of benzene rings is 1. The van der Waals surface area contributed by atoms with E-state index in [0.717, 1.165) is 5.56 Å². The number of ether oxygens (including phenoxy) is 3. The van der Waals surface area contributed by atoms with Gasteiger partial charge in [-0.1, -0.05) is 29.8 Å². The van der Waals surface area contributed by atoms with Crippen molar-refractivity contribution in [3.63, 3.8) is 0 Å². The van der Waals surface area contributed by atoms with Gasteiger partial charge in [0.2, 0.25) is 0 Å². The fraction of sp³-hybridized carbons (Fsp3) is 0.471. The van der Waals surface area contributed by atoms with E-state index in [1.165, 1.54) is 19.3 Å². The predicted molar refractivity (Wildman–Crippen MR) is 88.2 cm³/mol. The molecule has 7 heteroatoms. The Labute approximate surface area is 142 Å². The molecule has 24 heavy (non-hydrogen) atoms. The monoisotopic (exact) mass is 354 g/mol. The molecule has 0 amide bonds. The first kappa shape index (κ1) is 18.6. The summed E-state index contributed by atoms with van der Waals surface area (Å²) in [6.07, 6.45) is 1.40. The second kappa shape index (κ2) is 7.04. The minimum atomic E-state index is -3.44. The molecule has 1 aliphatic heterocycles. The van der Waals surface area contributed by atoms with Crippen LogP contribution in [0.5, 0.6) is 0 Å². The van der Waals surface area contributed by atoms with Crippen LogP contribution in [0.25, 0.3) is 0 Å². The normalized spacial score (nSPS) is 23.5. The van der Waals surface area contributed by atoms with E-state index in [4.69, 9.17) is 9.47 Å². The van der Waals surface area contributed by atoms with Crippen molar-refractivity contribution >= 4 is 15.8 Å². The predicted octanol–water partition coefficient (Wildman–Crippen LogP) is 2.02. The van der Waals surface area contributed by atoms with Crippen LogP contribution in [-0.4, -0.2) is 45.2 Å². The summed E-state index contributed by atoms with van der Waals surface area (Å²) in [5.41, 5.74) is 0.990. The molecule has 1 heterocycles.